The zero-order valence-electron chi connectivity index (χ0n) is 12.4. The van der Waals surface area contributed by atoms with E-state index >= 15 is 0 Å². The van der Waals surface area contributed by atoms with Gasteiger partial charge in [-0.2, -0.15) is 0 Å². The van der Waals surface area contributed by atoms with Gasteiger partial charge in [-0.3, -0.25) is 0 Å². The molecule has 1 rings (SSSR count). The fraction of sp³-hybridized carbons (Fsp3) is 0.625. The summed E-state index contributed by atoms with van der Waals surface area (Å²) in [6.07, 6.45) is 0. The van der Waals surface area contributed by atoms with Gasteiger partial charge in [-0.15, -0.1) is 0 Å². The number of nitrogens with one attached hydrogen (secondary N) is 1. The van der Waals surface area contributed by atoms with Crippen LogP contribution in [0.1, 0.15) is 25.3 Å². The first-order valence-electron chi connectivity index (χ1n) is 7.08. The molecule has 108 valence electrons. The molecule has 0 saturated carbocycles. The lowest BCUT2D eigenvalue weighted by Gasteiger charge is -2.22. The molecule has 19 heavy (non-hydrogen) atoms. The number of hydrogen-bond acceptors (Lipinski definition) is 3. The predicted octanol–water partition coefficient (Wildman–Crippen LogP) is 2.68. The van der Waals surface area contributed by atoms with Crippen molar-refractivity contribution in [1.82, 2.24) is 5.32 Å². The summed E-state index contributed by atoms with van der Waals surface area (Å²) in [5.74, 6) is 1.18. The molecule has 0 bridgehead atoms. The van der Waals surface area contributed by atoms with E-state index in [-0.39, 0.29) is 0 Å². The van der Waals surface area contributed by atoms with Crippen LogP contribution in [0, 0.1) is 5.92 Å². The molecule has 0 aliphatic heterocycles. The van der Waals surface area contributed by atoms with Crippen LogP contribution in [-0.2, 0) is 9.47 Å². The highest BCUT2D eigenvalue weighted by atomic mass is 16.5. The normalized spacial score (nSPS) is 12.8. The van der Waals surface area contributed by atoms with Crippen molar-refractivity contribution < 1.29 is 9.47 Å². The number of methoxy groups -OCH3 is 1. The SMILES string of the molecule is COCCOCCNCC(c1ccccc1)C(C)C. The van der Waals surface area contributed by atoms with Crippen molar-refractivity contribution in [1.29, 1.82) is 0 Å². The van der Waals surface area contributed by atoms with Crippen LogP contribution in [0.2, 0.25) is 0 Å². The summed E-state index contributed by atoms with van der Waals surface area (Å²) in [5.41, 5.74) is 1.41. The van der Waals surface area contributed by atoms with E-state index in [1.165, 1.54) is 5.56 Å². The summed E-state index contributed by atoms with van der Waals surface area (Å²) in [6, 6.07) is 10.7. The highest BCUT2D eigenvalue weighted by molar-refractivity contribution is 5.20. The maximum Gasteiger partial charge on any atom is 0.0700 e. The third-order valence-electron chi connectivity index (χ3n) is 3.25. The standard InChI is InChI=1S/C16H27NO2/c1-14(2)16(15-7-5-4-6-8-15)13-17-9-10-19-12-11-18-3/h4-8,14,16-17H,9-13H2,1-3H3. The lowest BCUT2D eigenvalue weighted by molar-refractivity contribution is 0.0718. The second-order valence-corrected chi connectivity index (χ2v) is 5.07. The highest BCUT2D eigenvalue weighted by Crippen LogP contribution is 2.23. The Morgan fingerprint density at radius 1 is 1.05 bits per heavy atom. The molecule has 1 N–H and O–H groups in total. The van der Waals surface area contributed by atoms with Crippen molar-refractivity contribution in [3.05, 3.63) is 35.9 Å². The van der Waals surface area contributed by atoms with E-state index < -0.39 is 0 Å². The van der Waals surface area contributed by atoms with Crippen LogP contribution >= 0.6 is 0 Å². The van der Waals surface area contributed by atoms with E-state index in [9.17, 15) is 0 Å². The van der Waals surface area contributed by atoms with Crippen LogP contribution < -0.4 is 5.32 Å². The van der Waals surface area contributed by atoms with Gasteiger partial charge < -0.3 is 14.8 Å². The zero-order valence-corrected chi connectivity index (χ0v) is 12.4. The summed E-state index contributed by atoms with van der Waals surface area (Å²) in [6.45, 7) is 8.50. The molecule has 0 aliphatic rings. The zero-order chi connectivity index (χ0) is 13.9. The first-order chi connectivity index (χ1) is 9.25. The fourth-order valence-corrected chi connectivity index (χ4v) is 2.08. The Hall–Kier alpha value is -0.900. The first kappa shape index (κ1) is 16.2. The van der Waals surface area contributed by atoms with Gasteiger partial charge in [0.05, 0.1) is 19.8 Å². The van der Waals surface area contributed by atoms with Gasteiger partial charge in [0.1, 0.15) is 0 Å². The van der Waals surface area contributed by atoms with Crippen molar-refractivity contribution in [2.24, 2.45) is 5.92 Å². The molecular weight excluding hydrogens is 238 g/mol. The second-order valence-electron chi connectivity index (χ2n) is 5.07. The smallest absolute Gasteiger partial charge is 0.0700 e. The summed E-state index contributed by atoms with van der Waals surface area (Å²) < 4.78 is 10.4. The molecule has 0 fully saturated rings. The number of benzene rings is 1. The average molecular weight is 265 g/mol. The summed E-state index contributed by atoms with van der Waals surface area (Å²) >= 11 is 0. The second kappa shape index (κ2) is 9.96. The van der Waals surface area contributed by atoms with Gasteiger partial charge in [0.15, 0.2) is 0 Å². The molecule has 1 atom stereocenters. The molecule has 1 unspecified atom stereocenters. The summed E-state index contributed by atoms with van der Waals surface area (Å²) in [4.78, 5) is 0. The van der Waals surface area contributed by atoms with Gasteiger partial charge in [-0.05, 0) is 17.4 Å². The fourth-order valence-electron chi connectivity index (χ4n) is 2.08. The van der Waals surface area contributed by atoms with E-state index in [4.69, 9.17) is 9.47 Å². The molecule has 3 nitrogen and oxygen atoms in total. The predicted molar refractivity (Wildman–Crippen MR) is 79.6 cm³/mol. The minimum absolute atomic E-state index is 0.556. The van der Waals surface area contributed by atoms with Gasteiger partial charge in [-0.25, -0.2) is 0 Å². The monoisotopic (exact) mass is 265 g/mol. The van der Waals surface area contributed by atoms with Crippen LogP contribution in [0.4, 0.5) is 0 Å². The topological polar surface area (TPSA) is 30.5 Å². The third kappa shape index (κ3) is 6.71. The van der Waals surface area contributed by atoms with Gasteiger partial charge in [0, 0.05) is 20.2 Å². The Bertz CT molecular complexity index is 314. The molecule has 1 aromatic carbocycles. The van der Waals surface area contributed by atoms with Crippen LogP contribution in [0.15, 0.2) is 30.3 Å². The van der Waals surface area contributed by atoms with Gasteiger partial charge >= 0.3 is 0 Å². The van der Waals surface area contributed by atoms with E-state index in [2.05, 4.69) is 49.5 Å². The Morgan fingerprint density at radius 2 is 1.79 bits per heavy atom. The van der Waals surface area contributed by atoms with Crippen molar-refractivity contribution in [2.75, 3.05) is 40.0 Å². The van der Waals surface area contributed by atoms with Crippen molar-refractivity contribution >= 4 is 0 Å². The quantitative estimate of drug-likeness (QED) is 0.660. The molecule has 1 aromatic rings. The summed E-state index contributed by atoms with van der Waals surface area (Å²) in [5, 5.41) is 3.48. The van der Waals surface area contributed by atoms with Crippen LogP contribution in [-0.4, -0.2) is 40.0 Å². The number of ether oxygens (including phenoxy) is 2. The van der Waals surface area contributed by atoms with Crippen molar-refractivity contribution in [2.45, 2.75) is 19.8 Å². The molecular formula is C16H27NO2. The minimum Gasteiger partial charge on any atom is -0.382 e. The largest absolute Gasteiger partial charge is 0.382 e. The Kier molecular flexibility index (Phi) is 8.47. The van der Waals surface area contributed by atoms with Crippen LogP contribution in [0.25, 0.3) is 0 Å². The van der Waals surface area contributed by atoms with E-state index in [1.54, 1.807) is 7.11 Å². The Balaban J connectivity index is 2.24. The lowest BCUT2D eigenvalue weighted by atomic mass is 9.88. The van der Waals surface area contributed by atoms with Gasteiger partial charge in [0.25, 0.3) is 0 Å². The van der Waals surface area contributed by atoms with E-state index in [0.717, 1.165) is 19.7 Å². The first-order valence-corrected chi connectivity index (χ1v) is 7.08. The van der Waals surface area contributed by atoms with Crippen molar-refractivity contribution in [3.63, 3.8) is 0 Å². The van der Waals surface area contributed by atoms with Gasteiger partial charge in [0.2, 0.25) is 0 Å². The Labute approximate surface area is 117 Å². The maximum absolute atomic E-state index is 5.43. The average Bonchev–Trinajstić information content (AvgIpc) is 2.42. The summed E-state index contributed by atoms with van der Waals surface area (Å²) in [7, 11) is 1.69. The molecule has 0 spiro atoms. The van der Waals surface area contributed by atoms with E-state index in [0.29, 0.717) is 25.0 Å². The number of rotatable bonds is 10. The third-order valence-corrected chi connectivity index (χ3v) is 3.25. The molecule has 0 aromatic heterocycles. The minimum atomic E-state index is 0.556. The number of hydrogen-bond donors (Lipinski definition) is 1. The van der Waals surface area contributed by atoms with Crippen LogP contribution in [0.5, 0.6) is 0 Å². The molecule has 0 amide bonds. The molecule has 0 saturated heterocycles. The maximum atomic E-state index is 5.43. The highest BCUT2D eigenvalue weighted by Gasteiger charge is 2.14. The molecule has 3 heteroatoms. The van der Waals surface area contributed by atoms with Crippen molar-refractivity contribution in [3.8, 4) is 0 Å². The molecule has 0 heterocycles. The van der Waals surface area contributed by atoms with E-state index in [1.807, 2.05) is 0 Å². The molecule has 0 aliphatic carbocycles. The van der Waals surface area contributed by atoms with Gasteiger partial charge in [-0.1, -0.05) is 44.2 Å². The molecule has 0 radical (unpaired) electrons. The van der Waals surface area contributed by atoms with Crippen LogP contribution in [0.3, 0.4) is 0 Å². The lowest BCUT2D eigenvalue weighted by Crippen LogP contribution is -2.28. The Morgan fingerprint density at radius 3 is 2.42 bits per heavy atom.